The van der Waals surface area contributed by atoms with Gasteiger partial charge < -0.3 is 10.0 Å². The Morgan fingerprint density at radius 3 is 2.56 bits per heavy atom. The Morgan fingerprint density at radius 1 is 1.39 bits per heavy atom. The summed E-state index contributed by atoms with van der Waals surface area (Å²) in [4.78, 5) is 31.0. The summed E-state index contributed by atoms with van der Waals surface area (Å²) in [7, 11) is 0. The standard InChI is InChI=1S/C11H15N3O3S/c1-8(11(16)17)13-2-4-14(5-3-13)10(15)9-6-12-7-18-9/h6-8H,2-5H2,1H3,(H,16,17). The molecule has 1 amide bonds. The number of nitrogens with zero attached hydrogens (tertiary/aromatic N) is 3. The number of hydrogen-bond donors (Lipinski definition) is 1. The highest BCUT2D eigenvalue weighted by Crippen LogP contribution is 2.13. The van der Waals surface area contributed by atoms with Crippen LogP contribution in [-0.2, 0) is 4.79 Å². The van der Waals surface area contributed by atoms with Crippen LogP contribution >= 0.6 is 11.3 Å². The monoisotopic (exact) mass is 269 g/mol. The van der Waals surface area contributed by atoms with E-state index in [1.165, 1.54) is 11.3 Å². The first-order valence-electron chi connectivity index (χ1n) is 5.74. The number of rotatable bonds is 3. The summed E-state index contributed by atoms with van der Waals surface area (Å²) in [6.45, 7) is 3.99. The van der Waals surface area contributed by atoms with Crippen LogP contribution in [0.2, 0.25) is 0 Å². The van der Waals surface area contributed by atoms with Crippen molar-refractivity contribution in [3.63, 3.8) is 0 Å². The van der Waals surface area contributed by atoms with Gasteiger partial charge in [0.2, 0.25) is 0 Å². The van der Waals surface area contributed by atoms with Gasteiger partial charge in [-0.3, -0.25) is 19.5 Å². The number of carboxylic acids is 1. The molecule has 98 valence electrons. The van der Waals surface area contributed by atoms with Crippen molar-refractivity contribution in [2.75, 3.05) is 26.2 Å². The van der Waals surface area contributed by atoms with E-state index in [1.807, 2.05) is 4.90 Å². The Kier molecular flexibility index (Phi) is 3.93. The van der Waals surface area contributed by atoms with Gasteiger partial charge in [-0.2, -0.15) is 0 Å². The van der Waals surface area contributed by atoms with Crippen LogP contribution in [0.3, 0.4) is 0 Å². The first kappa shape index (κ1) is 13.0. The summed E-state index contributed by atoms with van der Waals surface area (Å²) in [5, 5.41) is 8.93. The SMILES string of the molecule is CC(C(=O)O)N1CCN(C(=O)c2cncs2)CC1. The van der Waals surface area contributed by atoms with E-state index in [4.69, 9.17) is 5.11 Å². The molecule has 0 spiro atoms. The summed E-state index contributed by atoms with van der Waals surface area (Å²) in [5.74, 6) is -0.836. The van der Waals surface area contributed by atoms with Crippen molar-refractivity contribution in [1.29, 1.82) is 0 Å². The minimum atomic E-state index is -0.822. The molecule has 1 atom stereocenters. The molecule has 7 heteroatoms. The van der Waals surface area contributed by atoms with Crippen LogP contribution in [0.4, 0.5) is 0 Å². The maximum absolute atomic E-state index is 12.0. The minimum Gasteiger partial charge on any atom is -0.480 e. The third-order valence-corrected chi connectivity index (χ3v) is 3.91. The molecule has 1 unspecified atom stereocenters. The molecule has 1 fully saturated rings. The maximum Gasteiger partial charge on any atom is 0.320 e. The maximum atomic E-state index is 12.0. The van der Waals surface area contributed by atoms with Crippen molar-refractivity contribution >= 4 is 23.2 Å². The Balaban J connectivity index is 1.91. The molecule has 1 aliphatic rings. The normalized spacial score (nSPS) is 18.6. The molecule has 1 aromatic rings. The van der Waals surface area contributed by atoms with Gasteiger partial charge in [0.1, 0.15) is 10.9 Å². The van der Waals surface area contributed by atoms with Crippen LogP contribution < -0.4 is 0 Å². The second-order valence-electron chi connectivity index (χ2n) is 4.21. The zero-order valence-electron chi connectivity index (χ0n) is 10.1. The average Bonchev–Trinajstić information content (AvgIpc) is 2.91. The van der Waals surface area contributed by atoms with E-state index in [2.05, 4.69) is 4.98 Å². The lowest BCUT2D eigenvalue weighted by atomic mass is 10.2. The lowest BCUT2D eigenvalue weighted by Gasteiger charge is -2.36. The highest BCUT2D eigenvalue weighted by Gasteiger charge is 2.27. The number of piperazine rings is 1. The fourth-order valence-electron chi connectivity index (χ4n) is 1.95. The summed E-state index contributed by atoms with van der Waals surface area (Å²) < 4.78 is 0. The fraction of sp³-hybridized carbons (Fsp3) is 0.545. The second kappa shape index (κ2) is 5.45. The summed E-state index contributed by atoms with van der Waals surface area (Å²) >= 11 is 1.33. The van der Waals surface area contributed by atoms with Gasteiger partial charge >= 0.3 is 5.97 Å². The Bertz CT molecular complexity index is 427. The fourth-order valence-corrected chi connectivity index (χ4v) is 2.53. The molecule has 1 saturated heterocycles. The Hall–Kier alpha value is -1.47. The topological polar surface area (TPSA) is 73.7 Å². The van der Waals surface area contributed by atoms with Crippen LogP contribution in [-0.4, -0.2) is 64.0 Å². The van der Waals surface area contributed by atoms with E-state index < -0.39 is 12.0 Å². The Labute approximate surface area is 109 Å². The van der Waals surface area contributed by atoms with Gasteiger partial charge in [0.05, 0.1) is 11.7 Å². The average molecular weight is 269 g/mol. The molecule has 1 N–H and O–H groups in total. The van der Waals surface area contributed by atoms with Crippen molar-refractivity contribution in [1.82, 2.24) is 14.8 Å². The number of carbonyl (C=O) groups excluding carboxylic acids is 1. The zero-order valence-corrected chi connectivity index (χ0v) is 10.9. The second-order valence-corrected chi connectivity index (χ2v) is 5.09. The van der Waals surface area contributed by atoms with Gasteiger partial charge in [-0.25, -0.2) is 0 Å². The lowest BCUT2D eigenvalue weighted by molar-refractivity contribution is -0.143. The van der Waals surface area contributed by atoms with E-state index in [-0.39, 0.29) is 5.91 Å². The largest absolute Gasteiger partial charge is 0.480 e. The lowest BCUT2D eigenvalue weighted by Crippen LogP contribution is -2.53. The molecular formula is C11H15N3O3S. The van der Waals surface area contributed by atoms with Crippen LogP contribution in [0.25, 0.3) is 0 Å². The summed E-state index contributed by atoms with van der Waals surface area (Å²) in [6, 6.07) is -0.495. The summed E-state index contributed by atoms with van der Waals surface area (Å²) in [6.07, 6.45) is 1.57. The van der Waals surface area contributed by atoms with Crippen molar-refractivity contribution in [2.24, 2.45) is 0 Å². The van der Waals surface area contributed by atoms with Crippen molar-refractivity contribution in [3.8, 4) is 0 Å². The van der Waals surface area contributed by atoms with E-state index >= 15 is 0 Å². The number of aromatic nitrogens is 1. The molecule has 0 saturated carbocycles. The highest BCUT2D eigenvalue weighted by molar-refractivity contribution is 7.11. The zero-order chi connectivity index (χ0) is 13.1. The van der Waals surface area contributed by atoms with Crippen LogP contribution in [0, 0.1) is 0 Å². The molecule has 2 rings (SSSR count). The van der Waals surface area contributed by atoms with Gasteiger partial charge in [0.25, 0.3) is 5.91 Å². The summed E-state index contributed by atoms with van der Waals surface area (Å²) in [5.41, 5.74) is 1.63. The predicted octanol–water partition coefficient (Wildman–Crippen LogP) is 0.374. The molecule has 1 aromatic heterocycles. The van der Waals surface area contributed by atoms with E-state index in [0.717, 1.165) is 0 Å². The molecular weight excluding hydrogens is 254 g/mol. The molecule has 0 aromatic carbocycles. The highest BCUT2D eigenvalue weighted by atomic mass is 32.1. The molecule has 0 aliphatic carbocycles. The number of carbonyl (C=O) groups is 2. The van der Waals surface area contributed by atoms with Gasteiger partial charge in [-0.1, -0.05) is 0 Å². The number of amides is 1. The number of aliphatic carboxylic acids is 1. The first-order chi connectivity index (χ1) is 8.59. The molecule has 2 heterocycles. The predicted molar refractivity (Wildman–Crippen MR) is 66.7 cm³/mol. The molecule has 18 heavy (non-hydrogen) atoms. The van der Waals surface area contributed by atoms with Crippen molar-refractivity contribution in [2.45, 2.75) is 13.0 Å². The third kappa shape index (κ3) is 2.68. The van der Waals surface area contributed by atoms with Crippen LogP contribution in [0.5, 0.6) is 0 Å². The van der Waals surface area contributed by atoms with E-state index in [1.54, 1.807) is 23.5 Å². The first-order valence-corrected chi connectivity index (χ1v) is 6.62. The number of thiazole rings is 1. The molecule has 0 bridgehead atoms. The van der Waals surface area contributed by atoms with Crippen molar-refractivity contribution < 1.29 is 14.7 Å². The quantitative estimate of drug-likeness (QED) is 0.858. The van der Waals surface area contributed by atoms with Gasteiger partial charge in [-0.05, 0) is 6.92 Å². The molecule has 1 aliphatic heterocycles. The minimum absolute atomic E-state index is 0.0138. The van der Waals surface area contributed by atoms with Crippen LogP contribution in [0.15, 0.2) is 11.7 Å². The van der Waals surface area contributed by atoms with Gasteiger partial charge in [0.15, 0.2) is 0 Å². The molecule has 0 radical (unpaired) electrons. The van der Waals surface area contributed by atoms with E-state index in [9.17, 15) is 9.59 Å². The number of carboxylic acid groups (broad SMARTS) is 1. The van der Waals surface area contributed by atoms with E-state index in [0.29, 0.717) is 31.1 Å². The number of hydrogen-bond acceptors (Lipinski definition) is 5. The molecule has 6 nitrogen and oxygen atoms in total. The van der Waals surface area contributed by atoms with Crippen molar-refractivity contribution in [3.05, 3.63) is 16.6 Å². The van der Waals surface area contributed by atoms with Crippen LogP contribution in [0.1, 0.15) is 16.6 Å². The smallest absolute Gasteiger partial charge is 0.320 e. The Morgan fingerprint density at radius 2 is 2.06 bits per heavy atom. The third-order valence-electron chi connectivity index (χ3n) is 3.15. The van der Waals surface area contributed by atoms with Gasteiger partial charge in [0, 0.05) is 26.2 Å². The van der Waals surface area contributed by atoms with Gasteiger partial charge in [-0.15, -0.1) is 11.3 Å².